The first-order valence-electron chi connectivity index (χ1n) is 8.32. The zero-order valence-corrected chi connectivity index (χ0v) is 15.7. The van der Waals surface area contributed by atoms with Crippen LogP contribution in [0.4, 0.5) is 10.1 Å². The van der Waals surface area contributed by atoms with E-state index in [1.54, 1.807) is 23.5 Å². The Morgan fingerprint density at radius 1 is 1.28 bits per heavy atom. The number of nitrogens with one attached hydrogen (secondary N) is 2. The van der Waals surface area contributed by atoms with E-state index in [0.29, 0.717) is 10.8 Å². The van der Waals surface area contributed by atoms with Crippen LogP contribution >= 0.6 is 23.6 Å². The lowest BCUT2D eigenvalue weighted by atomic mass is 10.1. The number of thiocarbonyl (C=S) groups is 1. The van der Waals surface area contributed by atoms with Crippen LogP contribution in [0, 0.1) is 5.82 Å². The third-order valence-electron chi connectivity index (χ3n) is 4.19. The maximum Gasteiger partial charge on any atom is 0.171 e. The largest absolute Gasteiger partial charge is 0.379 e. The van der Waals surface area contributed by atoms with Crippen LogP contribution in [0.5, 0.6) is 0 Å². The van der Waals surface area contributed by atoms with E-state index in [9.17, 15) is 4.39 Å². The van der Waals surface area contributed by atoms with Gasteiger partial charge in [-0.1, -0.05) is 12.1 Å². The summed E-state index contributed by atoms with van der Waals surface area (Å²) < 4.78 is 18.8. The minimum Gasteiger partial charge on any atom is -0.379 e. The summed E-state index contributed by atoms with van der Waals surface area (Å²) >= 11 is 7.17. The summed E-state index contributed by atoms with van der Waals surface area (Å²) in [4.78, 5) is 3.73. The summed E-state index contributed by atoms with van der Waals surface area (Å²) in [7, 11) is 0. The van der Waals surface area contributed by atoms with Gasteiger partial charge in [-0.25, -0.2) is 4.39 Å². The van der Waals surface area contributed by atoms with E-state index in [1.165, 1.54) is 17.0 Å². The molecule has 25 heavy (non-hydrogen) atoms. The summed E-state index contributed by atoms with van der Waals surface area (Å²) in [5, 5.41) is 9.00. The number of ether oxygens (including phenoxy) is 1. The van der Waals surface area contributed by atoms with Gasteiger partial charge in [0.1, 0.15) is 5.82 Å². The summed E-state index contributed by atoms with van der Waals surface area (Å²) in [6, 6.07) is 10.8. The van der Waals surface area contributed by atoms with Gasteiger partial charge in [0.2, 0.25) is 0 Å². The number of hydrogen-bond donors (Lipinski definition) is 2. The molecule has 2 N–H and O–H groups in total. The highest BCUT2D eigenvalue weighted by atomic mass is 32.1. The van der Waals surface area contributed by atoms with E-state index in [0.717, 1.165) is 26.3 Å². The lowest BCUT2D eigenvalue weighted by molar-refractivity contribution is 0.0110. The second-order valence-corrected chi connectivity index (χ2v) is 7.39. The van der Waals surface area contributed by atoms with Crippen molar-refractivity contribution >= 4 is 34.4 Å². The highest BCUT2D eigenvalue weighted by molar-refractivity contribution is 7.80. The minimum atomic E-state index is -0.286. The van der Waals surface area contributed by atoms with Crippen molar-refractivity contribution < 1.29 is 9.13 Å². The van der Waals surface area contributed by atoms with Gasteiger partial charge in [0.25, 0.3) is 0 Å². The number of hydrogen-bond acceptors (Lipinski definition) is 4. The maximum atomic E-state index is 13.3. The third kappa shape index (κ3) is 4.98. The zero-order valence-electron chi connectivity index (χ0n) is 14.1. The minimum absolute atomic E-state index is 0.102. The van der Waals surface area contributed by atoms with E-state index >= 15 is 0 Å². The van der Waals surface area contributed by atoms with E-state index in [1.807, 2.05) is 0 Å². The molecule has 0 radical (unpaired) electrons. The van der Waals surface area contributed by atoms with Crippen LogP contribution in [0.25, 0.3) is 0 Å². The Kier molecular flexibility index (Phi) is 6.36. The molecule has 0 aliphatic carbocycles. The Hall–Kier alpha value is -1.54. The molecule has 0 bridgehead atoms. The molecule has 4 nitrogen and oxygen atoms in total. The SMILES string of the molecule is C[C@H](NC(=S)Nc1cccc(F)c1)[C@H](c1cccs1)N1CCOCC1. The number of thiophene rings is 1. The van der Waals surface area contributed by atoms with Crippen molar-refractivity contribution in [2.24, 2.45) is 0 Å². The molecular formula is C18H22FN3OS2. The van der Waals surface area contributed by atoms with Crippen LogP contribution in [0.2, 0.25) is 0 Å². The predicted molar refractivity (Wildman–Crippen MR) is 105 cm³/mol. The van der Waals surface area contributed by atoms with E-state index in [2.05, 4.69) is 40.0 Å². The topological polar surface area (TPSA) is 36.5 Å². The molecule has 1 aliphatic rings. The molecule has 3 rings (SSSR count). The van der Waals surface area contributed by atoms with Crippen molar-refractivity contribution in [3.63, 3.8) is 0 Å². The molecule has 2 aromatic rings. The fourth-order valence-corrected chi connectivity index (χ4v) is 4.34. The van der Waals surface area contributed by atoms with Crippen LogP contribution in [-0.4, -0.2) is 42.4 Å². The fraction of sp³-hybridized carbons (Fsp3) is 0.389. The maximum absolute atomic E-state index is 13.3. The number of anilines is 1. The van der Waals surface area contributed by atoms with Gasteiger partial charge in [0, 0.05) is 29.7 Å². The average molecular weight is 380 g/mol. The van der Waals surface area contributed by atoms with Crippen LogP contribution in [0.3, 0.4) is 0 Å². The Morgan fingerprint density at radius 2 is 2.08 bits per heavy atom. The van der Waals surface area contributed by atoms with Crippen molar-refractivity contribution in [3.8, 4) is 0 Å². The lowest BCUT2D eigenvalue weighted by Crippen LogP contribution is -2.49. The molecule has 1 fully saturated rings. The summed E-state index contributed by atoms with van der Waals surface area (Å²) in [5.41, 5.74) is 0.642. The second kappa shape index (κ2) is 8.71. The lowest BCUT2D eigenvalue weighted by Gasteiger charge is -2.38. The molecule has 2 heterocycles. The molecule has 1 aromatic heterocycles. The van der Waals surface area contributed by atoms with E-state index < -0.39 is 0 Å². The molecule has 7 heteroatoms. The molecule has 0 spiro atoms. The Labute approximate surface area is 157 Å². The first-order valence-corrected chi connectivity index (χ1v) is 9.60. The van der Waals surface area contributed by atoms with E-state index in [4.69, 9.17) is 17.0 Å². The Bertz CT molecular complexity index is 689. The predicted octanol–water partition coefficient (Wildman–Crippen LogP) is 3.64. The second-order valence-electron chi connectivity index (χ2n) is 6.01. The van der Waals surface area contributed by atoms with E-state index in [-0.39, 0.29) is 17.9 Å². The molecule has 134 valence electrons. The first kappa shape index (κ1) is 18.3. The Morgan fingerprint density at radius 3 is 2.76 bits per heavy atom. The molecular weight excluding hydrogens is 357 g/mol. The van der Waals surface area contributed by atoms with Crippen molar-refractivity contribution in [3.05, 3.63) is 52.5 Å². The van der Waals surface area contributed by atoms with Gasteiger partial charge in [-0.15, -0.1) is 11.3 Å². The average Bonchev–Trinajstić information content (AvgIpc) is 3.10. The van der Waals surface area contributed by atoms with Gasteiger partial charge >= 0.3 is 0 Å². The van der Waals surface area contributed by atoms with Crippen LogP contribution < -0.4 is 10.6 Å². The molecule has 1 aromatic carbocycles. The van der Waals surface area contributed by atoms with Gasteiger partial charge in [0.15, 0.2) is 5.11 Å². The highest BCUT2D eigenvalue weighted by Gasteiger charge is 2.28. The normalized spacial score (nSPS) is 17.7. The number of nitrogens with zero attached hydrogens (tertiary/aromatic N) is 1. The number of halogens is 1. The molecule has 2 atom stereocenters. The monoisotopic (exact) mass is 379 g/mol. The number of morpholine rings is 1. The van der Waals surface area contributed by atoms with Crippen molar-refractivity contribution in [1.82, 2.24) is 10.2 Å². The molecule has 0 saturated carbocycles. The smallest absolute Gasteiger partial charge is 0.171 e. The van der Waals surface area contributed by atoms with Gasteiger partial charge in [-0.2, -0.15) is 0 Å². The summed E-state index contributed by atoms with van der Waals surface area (Å²) in [6.45, 7) is 5.43. The van der Waals surface area contributed by atoms with Crippen LogP contribution in [-0.2, 0) is 4.74 Å². The number of benzene rings is 1. The Balaban J connectivity index is 1.67. The quantitative estimate of drug-likeness (QED) is 0.776. The van der Waals surface area contributed by atoms with Gasteiger partial charge in [-0.3, -0.25) is 4.90 Å². The molecule has 1 aliphatic heterocycles. The van der Waals surface area contributed by atoms with Crippen molar-refractivity contribution in [1.29, 1.82) is 0 Å². The third-order valence-corrected chi connectivity index (χ3v) is 5.35. The van der Waals surface area contributed by atoms with Crippen molar-refractivity contribution in [2.45, 2.75) is 19.0 Å². The molecule has 1 saturated heterocycles. The van der Waals surface area contributed by atoms with Crippen LogP contribution in [0.1, 0.15) is 17.8 Å². The van der Waals surface area contributed by atoms with Gasteiger partial charge in [-0.05, 0) is 48.8 Å². The highest BCUT2D eigenvalue weighted by Crippen LogP contribution is 2.29. The molecule has 0 amide bonds. The van der Waals surface area contributed by atoms with Gasteiger partial charge < -0.3 is 15.4 Å². The fourth-order valence-electron chi connectivity index (χ4n) is 3.08. The molecule has 0 unspecified atom stereocenters. The number of rotatable bonds is 5. The van der Waals surface area contributed by atoms with Crippen molar-refractivity contribution in [2.75, 3.05) is 31.6 Å². The van der Waals surface area contributed by atoms with Gasteiger partial charge in [0.05, 0.1) is 19.3 Å². The summed E-state index contributed by atoms with van der Waals surface area (Å²) in [5.74, 6) is -0.286. The zero-order chi connectivity index (χ0) is 17.6. The summed E-state index contributed by atoms with van der Waals surface area (Å²) in [6.07, 6.45) is 0. The standard InChI is InChI=1S/C18H22FN3OS2/c1-13(20-18(24)21-15-5-2-4-14(19)12-15)17(16-6-3-11-25-16)22-7-9-23-10-8-22/h2-6,11-13,17H,7-10H2,1H3,(H2,20,21,24)/t13-,17+/m0/s1. The first-order chi connectivity index (χ1) is 12.1. The van der Waals surface area contributed by atoms with Crippen LogP contribution in [0.15, 0.2) is 41.8 Å².